The van der Waals surface area contributed by atoms with Crippen molar-refractivity contribution in [2.24, 2.45) is 0 Å². The summed E-state index contributed by atoms with van der Waals surface area (Å²) in [5, 5.41) is 13.8. The lowest BCUT2D eigenvalue weighted by Gasteiger charge is -2.07. The molecular formula is C12H18N2O4. The topological polar surface area (TPSA) is 73.6 Å². The van der Waals surface area contributed by atoms with E-state index in [2.05, 4.69) is 5.32 Å². The Labute approximate surface area is 106 Å². The molecule has 6 heteroatoms. The van der Waals surface area contributed by atoms with Crippen LogP contribution < -0.4 is 5.32 Å². The molecule has 0 unspecified atom stereocenters. The second-order valence-corrected chi connectivity index (χ2v) is 3.66. The van der Waals surface area contributed by atoms with Crippen molar-refractivity contribution in [2.75, 3.05) is 38.8 Å². The third kappa shape index (κ3) is 5.11. The summed E-state index contributed by atoms with van der Waals surface area (Å²) in [7, 11) is 1.62. The highest BCUT2D eigenvalue weighted by Crippen LogP contribution is 2.22. The molecule has 100 valence electrons. The largest absolute Gasteiger partial charge is 0.382 e. The van der Waals surface area contributed by atoms with Gasteiger partial charge in [0.1, 0.15) is 5.69 Å². The van der Waals surface area contributed by atoms with E-state index in [4.69, 9.17) is 9.47 Å². The zero-order chi connectivity index (χ0) is 13.2. The fourth-order valence-corrected chi connectivity index (χ4v) is 1.42. The van der Waals surface area contributed by atoms with Crippen LogP contribution in [0.5, 0.6) is 0 Å². The third-order valence-corrected chi connectivity index (χ3v) is 2.31. The predicted octanol–water partition coefficient (Wildman–Crippen LogP) is 2.06. The summed E-state index contributed by atoms with van der Waals surface area (Å²) < 4.78 is 10.1. The van der Waals surface area contributed by atoms with Crippen LogP contribution in [-0.2, 0) is 9.47 Å². The number of nitrogens with one attached hydrogen (secondary N) is 1. The third-order valence-electron chi connectivity index (χ3n) is 2.31. The Bertz CT molecular complexity index is 371. The normalized spacial score (nSPS) is 10.3. The highest BCUT2D eigenvalue weighted by atomic mass is 16.6. The first-order valence-electron chi connectivity index (χ1n) is 5.79. The van der Waals surface area contributed by atoms with Crippen LogP contribution in [0.4, 0.5) is 11.4 Å². The van der Waals surface area contributed by atoms with E-state index in [1.54, 1.807) is 25.3 Å². The summed E-state index contributed by atoms with van der Waals surface area (Å²) in [6, 6.07) is 6.60. The van der Waals surface area contributed by atoms with Gasteiger partial charge in [0.2, 0.25) is 0 Å². The van der Waals surface area contributed by atoms with E-state index in [1.165, 1.54) is 6.07 Å². The number of anilines is 1. The van der Waals surface area contributed by atoms with Crippen LogP contribution in [0.1, 0.15) is 6.42 Å². The summed E-state index contributed by atoms with van der Waals surface area (Å²) in [4.78, 5) is 10.4. The number of hydrogen-bond donors (Lipinski definition) is 1. The lowest BCUT2D eigenvalue weighted by Crippen LogP contribution is -2.09. The zero-order valence-corrected chi connectivity index (χ0v) is 10.4. The molecule has 0 saturated carbocycles. The van der Waals surface area contributed by atoms with E-state index in [0.717, 1.165) is 6.42 Å². The summed E-state index contributed by atoms with van der Waals surface area (Å²) in [6.07, 6.45) is 0.787. The van der Waals surface area contributed by atoms with Gasteiger partial charge in [-0.2, -0.15) is 0 Å². The number of nitrogens with zero attached hydrogens (tertiary/aromatic N) is 1. The molecule has 0 aliphatic carbocycles. The highest BCUT2D eigenvalue weighted by Gasteiger charge is 2.10. The number of methoxy groups -OCH3 is 1. The molecule has 0 aromatic heterocycles. The molecule has 0 saturated heterocycles. The SMILES string of the molecule is COCCOCCCNc1ccccc1[N+](=O)[O-]. The Morgan fingerprint density at radius 2 is 2.06 bits per heavy atom. The number of ether oxygens (including phenoxy) is 2. The van der Waals surface area contributed by atoms with E-state index in [9.17, 15) is 10.1 Å². The Morgan fingerprint density at radius 1 is 1.28 bits per heavy atom. The number of benzene rings is 1. The molecule has 0 atom stereocenters. The van der Waals surface area contributed by atoms with E-state index < -0.39 is 4.92 Å². The fourth-order valence-electron chi connectivity index (χ4n) is 1.42. The van der Waals surface area contributed by atoms with Crippen LogP contribution in [0.2, 0.25) is 0 Å². The molecule has 6 nitrogen and oxygen atoms in total. The molecule has 0 radical (unpaired) electrons. The number of para-hydroxylation sites is 2. The minimum Gasteiger partial charge on any atom is -0.382 e. The number of hydrogen-bond acceptors (Lipinski definition) is 5. The maximum atomic E-state index is 10.8. The standard InChI is InChI=1S/C12H18N2O4/c1-17-9-10-18-8-4-7-13-11-5-2-3-6-12(11)14(15)16/h2-3,5-6,13H,4,7-10H2,1H3. The second-order valence-electron chi connectivity index (χ2n) is 3.66. The molecule has 0 aliphatic heterocycles. The lowest BCUT2D eigenvalue weighted by atomic mass is 10.2. The average Bonchev–Trinajstić information content (AvgIpc) is 2.38. The maximum Gasteiger partial charge on any atom is 0.292 e. The Hall–Kier alpha value is -1.66. The molecule has 0 heterocycles. The van der Waals surface area contributed by atoms with E-state index >= 15 is 0 Å². The molecule has 0 fully saturated rings. The molecule has 0 bridgehead atoms. The molecule has 0 aliphatic rings. The minimum absolute atomic E-state index is 0.0952. The van der Waals surface area contributed by atoms with Gasteiger partial charge < -0.3 is 14.8 Å². The average molecular weight is 254 g/mol. The maximum absolute atomic E-state index is 10.8. The van der Waals surface area contributed by atoms with Gasteiger partial charge in [-0.3, -0.25) is 10.1 Å². The van der Waals surface area contributed by atoms with Gasteiger partial charge in [0, 0.05) is 26.3 Å². The molecule has 1 rings (SSSR count). The first-order valence-corrected chi connectivity index (χ1v) is 5.79. The Morgan fingerprint density at radius 3 is 2.78 bits per heavy atom. The van der Waals surface area contributed by atoms with Crippen LogP contribution in [0.25, 0.3) is 0 Å². The molecule has 1 N–H and O–H groups in total. The van der Waals surface area contributed by atoms with Crippen LogP contribution in [0.15, 0.2) is 24.3 Å². The van der Waals surface area contributed by atoms with Gasteiger partial charge in [-0.15, -0.1) is 0 Å². The minimum atomic E-state index is -0.391. The fraction of sp³-hybridized carbons (Fsp3) is 0.500. The van der Waals surface area contributed by atoms with Gasteiger partial charge in [0.15, 0.2) is 0 Å². The van der Waals surface area contributed by atoms with Crippen LogP contribution in [0, 0.1) is 10.1 Å². The predicted molar refractivity (Wildman–Crippen MR) is 68.9 cm³/mol. The summed E-state index contributed by atoms with van der Waals surface area (Å²) in [5.41, 5.74) is 0.636. The smallest absolute Gasteiger partial charge is 0.292 e. The molecule has 0 spiro atoms. The lowest BCUT2D eigenvalue weighted by molar-refractivity contribution is -0.384. The van der Waals surface area contributed by atoms with E-state index in [0.29, 0.717) is 32.1 Å². The van der Waals surface area contributed by atoms with Crippen molar-refractivity contribution in [2.45, 2.75) is 6.42 Å². The van der Waals surface area contributed by atoms with Gasteiger partial charge in [-0.1, -0.05) is 12.1 Å². The van der Waals surface area contributed by atoms with Crippen molar-refractivity contribution in [3.05, 3.63) is 34.4 Å². The number of nitro benzene ring substituents is 1. The molecule has 0 amide bonds. The first kappa shape index (κ1) is 14.4. The summed E-state index contributed by atoms with van der Waals surface area (Å²) >= 11 is 0. The first-order chi connectivity index (χ1) is 8.75. The Kier molecular flexibility index (Phi) is 6.75. The van der Waals surface area contributed by atoms with Crippen molar-refractivity contribution in [1.82, 2.24) is 0 Å². The van der Waals surface area contributed by atoms with Gasteiger partial charge in [0.05, 0.1) is 18.1 Å². The quantitative estimate of drug-likeness (QED) is 0.415. The van der Waals surface area contributed by atoms with Crippen LogP contribution >= 0.6 is 0 Å². The van der Waals surface area contributed by atoms with Crippen molar-refractivity contribution in [1.29, 1.82) is 0 Å². The monoisotopic (exact) mass is 254 g/mol. The summed E-state index contributed by atoms with van der Waals surface area (Å²) in [6.45, 7) is 2.40. The van der Waals surface area contributed by atoms with Gasteiger partial charge in [0.25, 0.3) is 5.69 Å². The van der Waals surface area contributed by atoms with Crippen LogP contribution in [0.3, 0.4) is 0 Å². The number of rotatable bonds is 9. The van der Waals surface area contributed by atoms with Gasteiger partial charge in [-0.05, 0) is 12.5 Å². The zero-order valence-electron chi connectivity index (χ0n) is 10.4. The Balaban J connectivity index is 2.25. The second kappa shape index (κ2) is 8.43. The van der Waals surface area contributed by atoms with Crippen molar-refractivity contribution in [3.63, 3.8) is 0 Å². The van der Waals surface area contributed by atoms with E-state index in [1.807, 2.05) is 0 Å². The van der Waals surface area contributed by atoms with Crippen LogP contribution in [-0.4, -0.2) is 38.4 Å². The number of nitro groups is 1. The molecular weight excluding hydrogens is 236 g/mol. The molecule has 1 aromatic carbocycles. The summed E-state index contributed by atoms with van der Waals surface area (Å²) in [5.74, 6) is 0. The van der Waals surface area contributed by atoms with Gasteiger partial charge >= 0.3 is 0 Å². The molecule has 18 heavy (non-hydrogen) atoms. The van der Waals surface area contributed by atoms with E-state index in [-0.39, 0.29) is 5.69 Å². The van der Waals surface area contributed by atoms with Crippen molar-refractivity contribution in [3.8, 4) is 0 Å². The van der Waals surface area contributed by atoms with Crippen molar-refractivity contribution >= 4 is 11.4 Å². The highest BCUT2D eigenvalue weighted by molar-refractivity contribution is 5.60. The van der Waals surface area contributed by atoms with Gasteiger partial charge in [-0.25, -0.2) is 0 Å². The van der Waals surface area contributed by atoms with Crippen molar-refractivity contribution < 1.29 is 14.4 Å². The molecule has 1 aromatic rings.